The monoisotopic (exact) mass is 228 g/mol. The molecule has 0 radical (unpaired) electrons. The van der Waals surface area contributed by atoms with Crippen molar-refractivity contribution in [3.8, 4) is 0 Å². The Hall–Kier alpha value is -1.57. The molecule has 0 fully saturated rings. The van der Waals surface area contributed by atoms with Crippen molar-refractivity contribution in [3.05, 3.63) is 40.5 Å². The van der Waals surface area contributed by atoms with E-state index in [0.29, 0.717) is 0 Å². The molecule has 1 unspecified atom stereocenters. The van der Waals surface area contributed by atoms with Crippen LogP contribution in [0.25, 0.3) is 6.08 Å². The normalized spacial score (nSPS) is 21.8. The van der Waals surface area contributed by atoms with Gasteiger partial charge in [0.25, 0.3) is 0 Å². The Bertz CT molecular complexity index is 500. The van der Waals surface area contributed by atoms with Gasteiger partial charge in [-0.05, 0) is 54.4 Å². The second-order valence-electron chi connectivity index (χ2n) is 4.93. The van der Waals surface area contributed by atoms with Crippen molar-refractivity contribution >= 4 is 12.0 Å². The summed E-state index contributed by atoms with van der Waals surface area (Å²) in [6, 6.07) is 4.12. The zero-order valence-corrected chi connectivity index (χ0v) is 9.78. The lowest BCUT2D eigenvalue weighted by atomic mass is 9.77. The summed E-state index contributed by atoms with van der Waals surface area (Å²) in [6.45, 7) is 0. The van der Waals surface area contributed by atoms with Crippen LogP contribution in [0.2, 0.25) is 0 Å². The number of hydrogen-bond donors (Lipinski definition) is 1. The quantitative estimate of drug-likeness (QED) is 0.801. The molecule has 0 saturated carbocycles. The predicted octanol–water partition coefficient (Wildman–Crippen LogP) is 3.15. The van der Waals surface area contributed by atoms with Crippen molar-refractivity contribution in [1.29, 1.82) is 0 Å². The first-order valence-corrected chi connectivity index (χ1v) is 6.31. The van der Waals surface area contributed by atoms with Crippen molar-refractivity contribution in [2.45, 2.75) is 38.0 Å². The van der Waals surface area contributed by atoms with Gasteiger partial charge in [0.05, 0.1) is 5.92 Å². The Balaban J connectivity index is 2.14. The maximum atomic E-state index is 11.3. The summed E-state index contributed by atoms with van der Waals surface area (Å²) in [5, 5.41) is 9.28. The van der Waals surface area contributed by atoms with Gasteiger partial charge in [0.15, 0.2) is 0 Å². The third-order valence-electron chi connectivity index (χ3n) is 3.96. The van der Waals surface area contributed by atoms with Gasteiger partial charge >= 0.3 is 5.97 Å². The van der Waals surface area contributed by atoms with E-state index in [2.05, 4.69) is 18.2 Å². The summed E-state index contributed by atoms with van der Waals surface area (Å²) >= 11 is 0. The average Bonchev–Trinajstić information content (AvgIpc) is 2.37. The number of fused-ring (bicyclic) bond motifs is 3. The highest BCUT2D eigenvalue weighted by Crippen LogP contribution is 2.36. The fourth-order valence-electron chi connectivity index (χ4n) is 3.14. The van der Waals surface area contributed by atoms with Crippen molar-refractivity contribution < 1.29 is 9.90 Å². The Morgan fingerprint density at radius 3 is 2.94 bits per heavy atom. The first-order chi connectivity index (χ1) is 8.27. The number of benzene rings is 1. The van der Waals surface area contributed by atoms with E-state index >= 15 is 0 Å². The molecule has 2 nitrogen and oxygen atoms in total. The Labute approximate surface area is 101 Å². The van der Waals surface area contributed by atoms with Crippen molar-refractivity contribution in [1.82, 2.24) is 0 Å². The molecule has 2 aliphatic rings. The number of rotatable bonds is 1. The van der Waals surface area contributed by atoms with Crippen LogP contribution in [0.3, 0.4) is 0 Å². The molecule has 1 aromatic rings. The molecule has 0 aromatic heterocycles. The lowest BCUT2D eigenvalue weighted by Crippen LogP contribution is -2.20. The van der Waals surface area contributed by atoms with E-state index < -0.39 is 5.97 Å². The Morgan fingerprint density at radius 2 is 2.12 bits per heavy atom. The van der Waals surface area contributed by atoms with E-state index in [4.69, 9.17) is 0 Å². The van der Waals surface area contributed by atoms with Crippen molar-refractivity contribution in [2.24, 2.45) is 0 Å². The molecule has 0 spiro atoms. The Morgan fingerprint density at radius 1 is 1.24 bits per heavy atom. The lowest BCUT2D eigenvalue weighted by Gasteiger charge is -2.27. The molecule has 0 bridgehead atoms. The highest BCUT2D eigenvalue weighted by atomic mass is 16.4. The van der Waals surface area contributed by atoms with Crippen LogP contribution in [0.5, 0.6) is 0 Å². The molecule has 0 aliphatic heterocycles. The summed E-state index contributed by atoms with van der Waals surface area (Å²) in [7, 11) is 0. The number of allylic oxidation sites excluding steroid dienone is 1. The van der Waals surface area contributed by atoms with E-state index in [0.717, 1.165) is 37.7 Å². The highest BCUT2D eigenvalue weighted by molar-refractivity contribution is 5.78. The third kappa shape index (κ3) is 1.68. The van der Waals surface area contributed by atoms with Gasteiger partial charge in [0.1, 0.15) is 0 Å². The molecule has 1 aromatic carbocycles. The number of carbonyl (C=O) groups is 1. The van der Waals surface area contributed by atoms with Crippen LogP contribution < -0.4 is 0 Å². The van der Waals surface area contributed by atoms with E-state index in [9.17, 15) is 9.90 Å². The number of hydrogen-bond acceptors (Lipinski definition) is 1. The number of carboxylic acid groups (broad SMARTS) is 1. The number of carboxylic acids is 1. The van der Waals surface area contributed by atoms with Crippen LogP contribution in [-0.2, 0) is 17.6 Å². The fraction of sp³-hybridized carbons (Fsp3) is 0.400. The minimum atomic E-state index is -0.669. The van der Waals surface area contributed by atoms with Crippen LogP contribution >= 0.6 is 0 Å². The molecular formula is C15H16O2. The third-order valence-corrected chi connectivity index (χ3v) is 3.96. The van der Waals surface area contributed by atoms with E-state index in [1.807, 2.05) is 6.07 Å². The van der Waals surface area contributed by atoms with Gasteiger partial charge in [-0.25, -0.2) is 0 Å². The van der Waals surface area contributed by atoms with E-state index in [1.54, 1.807) is 0 Å². The molecule has 3 rings (SSSR count). The van der Waals surface area contributed by atoms with E-state index in [-0.39, 0.29) is 5.92 Å². The van der Waals surface area contributed by atoms with Gasteiger partial charge < -0.3 is 5.11 Å². The van der Waals surface area contributed by atoms with Crippen LogP contribution in [-0.4, -0.2) is 11.1 Å². The maximum absolute atomic E-state index is 11.3. The predicted molar refractivity (Wildman–Crippen MR) is 67.1 cm³/mol. The van der Waals surface area contributed by atoms with Crippen LogP contribution in [0.1, 0.15) is 47.4 Å². The summed E-state index contributed by atoms with van der Waals surface area (Å²) in [4.78, 5) is 11.3. The standard InChI is InChI=1S/C15H16O2/c16-15(17)14-7-3-6-12-11-5-2-1-4-10(11)8-9-13(12)14/h1,4,8-9,14H,2-3,5-7H2,(H,16,17). The second kappa shape index (κ2) is 4.02. The van der Waals surface area contributed by atoms with Gasteiger partial charge in [0.2, 0.25) is 0 Å². The first-order valence-electron chi connectivity index (χ1n) is 6.31. The molecule has 2 heteroatoms. The van der Waals surface area contributed by atoms with Crippen molar-refractivity contribution in [3.63, 3.8) is 0 Å². The first kappa shape index (κ1) is 10.6. The van der Waals surface area contributed by atoms with Gasteiger partial charge in [-0.2, -0.15) is 0 Å². The minimum Gasteiger partial charge on any atom is -0.481 e. The molecule has 88 valence electrons. The highest BCUT2D eigenvalue weighted by Gasteiger charge is 2.28. The summed E-state index contributed by atoms with van der Waals surface area (Å²) in [6.07, 6.45) is 9.37. The molecule has 0 amide bonds. The molecule has 17 heavy (non-hydrogen) atoms. The number of aliphatic carboxylic acids is 1. The van der Waals surface area contributed by atoms with Gasteiger partial charge in [-0.1, -0.05) is 24.3 Å². The molecule has 1 N–H and O–H groups in total. The zero-order chi connectivity index (χ0) is 11.8. The van der Waals surface area contributed by atoms with Gasteiger partial charge in [0, 0.05) is 0 Å². The largest absolute Gasteiger partial charge is 0.481 e. The van der Waals surface area contributed by atoms with Crippen LogP contribution in [0.4, 0.5) is 0 Å². The molecule has 0 saturated heterocycles. The van der Waals surface area contributed by atoms with Crippen LogP contribution in [0, 0.1) is 0 Å². The summed E-state index contributed by atoms with van der Waals surface area (Å²) in [5.74, 6) is -0.952. The zero-order valence-electron chi connectivity index (χ0n) is 9.78. The summed E-state index contributed by atoms with van der Waals surface area (Å²) < 4.78 is 0. The second-order valence-corrected chi connectivity index (χ2v) is 4.93. The molecule has 1 atom stereocenters. The molecule has 2 aliphatic carbocycles. The summed E-state index contributed by atoms with van der Waals surface area (Å²) in [5.41, 5.74) is 5.08. The maximum Gasteiger partial charge on any atom is 0.310 e. The van der Waals surface area contributed by atoms with Crippen LogP contribution in [0.15, 0.2) is 18.2 Å². The average molecular weight is 228 g/mol. The molecule has 0 heterocycles. The minimum absolute atomic E-state index is 0.282. The SMILES string of the molecule is O=C(O)C1CCCc2c1ccc1c2CCC=C1. The molecular weight excluding hydrogens is 212 g/mol. The lowest BCUT2D eigenvalue weighted by molar-refractivity contribution is -0.139. The van der Waals surface area contributed by atoms with Gasteiger partial charge in [-0.3, -0.25) is 4.79 Å². The van der Waals surface area contributed by atoms with Crippen molar-refractivity contribution in [2.75, 3.05) is 0 Å². The van der Waals surface area contributed by atoms with Gasteiger partial charge in [-0.15, -0.1) is 0 Å². The smallest absolute Gasteiger partial charge is 0.310 e. The fourth-order valence-corrected chi connectivity index (χ4v) is 3.14. The topological polar surface area (TPSA) is 37.3 Å². The Kier molecular flexibility index (Phi) is 2.50. The van der Waals surface area contributed by atoms with E-state index in [1.165, 1.54) is 16.7 Å².